The Morgan fingerprint density at radius 3 is 2.41 bits per heavy atom. The molecule has 9 nitrogen and oxygen atoms in total. The summed E-state index contributed by atoms with van der Waals surface area (Å²) in [5.74, 6) is -0.902. The number of ether oxygens (including phenoxy) is 1. The number of esters is 1. The van der Waals surface area contributed by atoms with E-state index in [1.54, 1.807) is 25.1 Å². The molecule has 0 fully saturated rings. The van der Waals surface area contributed by atoms with Gasteiger partial charge in [0.15, 0.2) is 0 Å². The van der Waals surface area contributed by atoms with Gasteiger partial charge in [0.2, 0.25) is 17.7 Å². The number of carbonyl (C=O) groups is 4. The number of anilines is 1. The molecule has 1 aliphatic heterocycles. The van der Waals surface area contributed by atoms with Gasteiger partial charge in [0.25, 0.3) is 0 Å². The Labute approximate surface area is 200 Å². The minimum atomic E-state index is -0.354. The average Bonchev–Trinajstić information content (AvgIpc) is 2.81. The van der Waals surface area contributed by atoms with Gasteiger partial charge in [-0.25, -0.2) is 4.79 Å². The number of benzene rings is 1. The highest BCUT2D eigenvalue weighted by Crippen LogP contribution is 2.28. The Morgan fingerprint density at radius 1 is 1.00 bits per heavy atom. The third kappa shape index (κ3) is 9.09. The molecular formula is C25H34N4O5. The van der Waals surface area contributed by atoms with E-state index in [1.165, 1.54) is 6.92 Å². The molecule has 1 heterocycles. The quantitative estimate of drug-likeness (QED) is 0.319. The smallest absolute Gasteiger partial charge is 0.337 e. The number of hydrogen-bond acceptors (Lipinski definition) is 6. The van der Waals surface area contributed by atoms with Crippen LogP contribution in [0.4, 0.5) is 5.69 Å². The van der Waals surface area contributed by atoms with Crippen molar-refractivity contribution in [2.45, 2.75) is 45.6 Å². The number of likely N-dealkylation sites (N-methyl/N-ethyl adjacent to an activating group) is 1. The van der Waals surface area contributed by atoms with Crippen molar-refractivity contribution in [3.05, 3.63) is 53.8 Å². The van der Waals surface area contributed by atoms with Crippen molar-refractivity contribution in [1.29, 1.82) is 0 Å². The van der Waals surface area contributed by atoms with E-state index >= 15 is 0 Å². The lowest BCUT2D eigenvalue weighted by Gasteiger charge is -2.28. The van der Waals surface area contributed by atoms with Crippen molar-refractivity contribution >= 4 is 29.4 Å². The lowest BCUT2D eigenvalue weighted by atomic mass is 10.00. The number of nitrogens with zero attached hydrogens (tertiary/aromatic N) is 1. The molecule has 0 aromatic heterocycles. The van der Waals surface area contributed by atoms with Crippen molar-refractivity contribution < 1.29 is 23.9 Å². The summed E-state index contributed by atoms with van der Waals surface area (Å²) in [4.78, 5) is 48.9. The number of hydrogen-bond donors (Lipinski definition) is 3. The number of amides is 3. The molecule has 3 amide bonds. The molecule has 1 aromatic carbocycles. The van der Waals surface area contributed by atoms with E-state index in [1.807, 2.05) is 36.4 Å². The summed E-state index contributed by atoms with van der Waals surface area (Å²) in [6.45, 7) is 4.06. The highest BCUT2D eigenvalue weighted by atomic mass is 16.5. The van der Waals surface area contributed by atoms with Crippen molar-refractivity contribution in [2.24, 2.45) is 0 Å². The Hall–Kier alpha value is -3.62. The zero-order chi connectivity index (χ0) is 24.9. The molecule has 1 unspecified atom stereocenters. The molecule has 2 rings (SSSR count). The van der Waals surface area contributed by atoms with Crippen LogP contribution in [-0.4, -0.2) is 55.3 Å². The fourth-order valence-corrected chi connectivity index (χ4v) is 3.40. The Morgan fingerprint density at radius 2 is 1.74 bits per heavy atom. The van der Waals surface area contributed by atoms with Crippen LogP contribution >= 0.6 is 0 Å². The maximum absolute atomic E-state index is 12.2. The second kappa shape index (κ2) is 13.8. The highest BCUT2D eigenvalue weighted by Gasteiger charge is 2.20. The van der Waals surface area contributed by atoms with Gasteiger partial charge in [-0.15, -0.1) is 0 Å². The molecule has 0 saturated carbocycles. The van der Waals surface area contributed by atoms with E-state index < -0.39 is 0 Å². The van der Waals surface area contributed by atoms with E-state index in [0.717, 1.165) is 18.4 Å². The summed E-state index contributed by atoms with van der Waals surface area (Å²) in [6, 6.07) is 7.21. The van der Waals surface area contributed by atoms with E-state index in [0.29, 0.717) is 37.3 Å². The minimum absolute atomic E-state index is 0.0585. The number of carbonyl (C=O) groups excluding carboxylic acids is 4. The molecule has 34 heavy (non-hydrogen) atoms. The maximum atomic E-state index is 12.2. The van der Waals surface area contributed by atoms with Gasteiger partial charge in [-0.1, -0.05) is 18.6 Å². The van der Waals surface area contributed by atoms with Crippen LogP contribution in [0.2, 0.25) is 0 Å². The molecular weight excluding hydrogens is 436 g/mol. The first-order valence-electron chi connectivity index (χ1n) is 11.5. The predicted molar refractivity (Wildman–Crippen MR) is 130 cm³/mol. The van der Waals surface area contributed by atoms with Crippen LogP contribution in [0.5, 0.6) is 0 Å². The summed E-state index contributed by atoms with van der Waals surface area (Å²) in [7, 11) is 1.92. The Bertz CT molecular complexity index is 924. The predicted octanol–water partition coefficient (Wildman–Crippen LogP) is 2.43. The molecule has 0 radical (unpaired) electrons. The number of unbranched alkanes of at least 4 members (excludes halogenated alkanes) is 2. The third-order valence-corrected chi connectivity index (χ3v) is 5.21. The third-order valence-electron chi connectivity index (χ3n) is 5.21. The van der Waals surface area contributed by atoms with Gasteiger partial charge in [-0.05, 0) is 49.6 Å². The largest absolute Gasteiger partial charge is 0.462 e. The fraction of sp³-hybridized carbons (Fsp3) is 0.440. The first-order valence-corrected chi connectivity index (χ1v) is 11.5. The van der Waals surface area contributed by atoms with Gasteiger partial charge in [0, 0.05) is 38.8 Å². The summed E-state index contributed by atoms with van der Waals surface area (Å²) in [6.07, 6.45) is 8.09. The molecule has 0 spiro atoms. The maximum Gasteiger partial charge on any atom is 0.337 e. The van der Waals surface area contributed by atoms with Gasteiger partial charge < -0.3 is 25.6 Å². The second-order valence-corrected chi connectivity index (χ2v) is 8.01. The van der Waals surface area contributed by atoms with Crippen LogP contribution in [0.3, 0.4) is 0 Å². The zero-order valence-electron chi connectivity index (χ0n) is 20.1. The summed E-state index contributed by atoms with van der Waals surface area (Å²) in [5, 5.41) is 8.10. The van der Waals surface area contributed by atoms with Gasteiger partial charge in [0.05, 0.1) is 24.8 Å². The average molecular weight is 471 g/mol. The highest BCUT2D eigenvalue weighted by molar-refractivity contribution is 5.94. The lowest BCUT2D eigenvalue weighted by molar-refractivity contribution is -0.138. The van der Waals surface area contributed by atoms with Crippen LogP contribution in [-0.2, 0) is 23.9 Å². The van der Waals surface area contributed by atoms with Crippen molar-refractivity contribution in [3.63, 3.8) is 0 Å². The van der Waals surface area contributed by atoms with Crippen LogP contribution < -0.4 is 16.0 Å². The number of nitrogens with one attached hydrogen (secondary N) is 3. The zero-order valence-corrected chi connectivity index (χ0v) is 20.1. The molecule has 1 aromatic rings. The summed E-state index contributed by atoms with van der Waals surface area (Å²) in [5.41, 5.74) is 2.08. The van der Waals surface area contributed by atoms with Crippen LogP contribution in [0, 0.1) is 0 Å². The molecule has 9 heteroatoms. The van der Waals surface area contributed by atoms with Crippen molar-refractivity contribution in [2.75, 3.05) is 32.1 Å². The van der Waals surface area contributed by atoms with E-state index in [9.17, 15) is 19.2 Å². The van der Waals surface area contributed by atoms with Gasteiger partial charge in [0.1, 0.15) is 0 Å². The fourth-order valence-electron chi connectivity index (χ4n) is 3.40. The molecule has 1 atom stereocenters. The first-order chi connectivity index (χ1) is 16.3. The monoisotopic (exact) mass is 470 g/mol. The standard InChI is InChI=1S/C25H34N4O5/c1-4-34-25(33)20-13-15-29(3)22(16-20)19-9-11-21(12-10-19)28-24(32)17-27-23(31)8-6-5-7-14-26-18(2)30/h9-13,15-16,22H,4-8,14,17H2,1-3H3,(H,26,30)(H,27,31)(H,28,32). The van der Waals surface area contributed by atoms with Crippen LogP contribution in [0.25, 0.3) is 0 Å². The molecule has 0 saturated heterocycles. The second-order valence-electron chi connectivity index (χ2n) is 8.01. The summed E-state index contributed by atoms with van der Waals surface area (Å²) >= 11 is 0. The van der Waals surface area contributed by atoms with E-state index in [-0.39, 0.29) is 36.3 Å². The van der Waals surface area contributed by atoms with Gasteiger partial charge in [-0.3, -0.25) is 14.4 Å². The van der Waals surface area contributed by atoms with Gasteiger partial charge in [-0.2, -0.15) is 0 Å². The summed E-state index contributed by atoms with van der Waals surface area (Å²) < 4.78 is 5.08. The number of rotatable bonds is 12. The molecule has 3 N–H and O–H groups in total. The Balaban J connectivity index is 1.77. The van der Waals surface area contributed by atoms with Gasteiger partial charge >= 0.3 is 5.97 Å². The molecule has 0 bridgehead atoms. The lowest BCUT2D eigenvalue weighted by Crippen LogP contribution is -2.32. The topological polar surface area (TPSA) is 117 Å². The molecule has 1 aliphatic rings. The SMILES string of the molecule is CCOC(=O)C1=CC(c2ccc(NC(=O)CNC(=O)CCCCCNC(C)=O)cc2)N(C)C=C1. The minimum Gasteiger partial charge on any atom is -0.462 e. The van der Waals surface area contributed by atoms with Crippen molar-refractivity contribution in [3.8, 4) is 0 Å². The van der Waals surface area contributed by atoms with Crippen LogP contribution in [0.15, 0.2) is 48.2 Å². The first kappa shape index (κ1) is 26.6. The van der Waals surface area contributed by atoms with E-state index in [4.69, 9.17) is 4.74 Å². The van der Waals surface area contributed by atoms with Crippen molar-refractivity contribution in [1.82, 2.24) is 15.5 Å². The van der Waals surface area contributed by atoms with E-state index in [2.05, 4.69) is 16.0 Å². The molecule has 184 valence electrons. The normalized spacial score (nSPS) is 14.7. The molecule has 0 aliphatic carbocycles. The Kier molecular flexibility index (Phi) is 10.8. The van der Waals surface area contributed by atoms with Crippen LogP contribution in [0.1, 0.15) is 51.1 Å².